The van der Waals surface area contributed by atoms with Gasteiger partial charge in [-0.15, -0.1) is 11.6 Å². The van der Waals surface area contributed by atoms with Crippen LogP contribution in [-0.4, -0.2) is 15.4 Å². The normalized spacial score (nSPS) is 11.2. The van der Waals surface area contributed by atoms with Crippen molar-refractivity contribution in [2.24, 2.45) is 7.05 Å². The second kappa shape index (κ2) is 4.50. The van der Waals surface area contributed by atoms with E-state index in [0.29, 0.717) is 5.88 Å². The lowest BCUT2D eigenvalue weighted by atomic mass is 10.1. The fourth-order valence-electron chi connectivity index (χ4n) is 2.14. The van der Waals surface area contributed by atoms with Crippen LogP contribution >= 0.6 is 11.6 Å². The average Bonchev–Trinajstić information content (AvgIpc) is 2.98. The third-order valence-electron chi connectivity index (χ3n) is 3.07. The monoisotopic (exact) mass is 260 g/mol. The summed E-state index contributed by atoms with van der Waals surface area (Å²) in [7, 11) is 1.99. The molecule has 3 aromatic rings. The number of benzene rings is 1. The smallest absolute Gasteiger partial charge is 0.176 e. The SMILES string of the molecule is Cn1c(-c2ccco2)nc2cc(CCCl)ccc21. The summed E-state index contributed by atoms with van der Waals surface area (Å²) in [4.78, 5) is 4.62. The van der Waals surface area contributed by atoms with E-state index in [1.807, 2.05) is 23.7 Å². The highest BCUT2D eigenvalue weighted by Gasteiger charge is 2.11. The van der Waals surface area contributed by atoms with Gasteiger partial charge in [0.2, 0.25) is 0 Å². The molecule has 4 heteroatoms. The van der Waals surface area contributed by atoms with Crippen LogP contribution in [0.2, 0.25) is 0 Å². The topological polar surface area (TPSA) is 31.0 Å². The zero-order valence-corrected chi connectivity index (χ0v) is 10.8. The van der Waals surface area contributed by atoms with Crippen molar-refractivity contribution in [1.29, 1.82) is 0 Å². The molecule has 1 aromatic carbocycles. The Morgan fingerprint density at radius 1 is 1.33 bits per heavy atom. The quantitative estimate of drug-likeness (QED) is 0.674. The average molecular weight is 261 g/mol. The number of fused-ring (bicyclic) bond motifs is 1. The summed E-state index contributed by atoms with van der Waals surface area (Å²) >= 11 is 5.76. The van der Waals surface area contributed by atoms with Crippen LogP contribution in [0.4, 0.5) is 0 Å². The zero-order valence-electron chi connectivity index (χ0n) is 10.1. The highest BCUT2D eigenvalue weighted by Crippen LogP contribution is 2.24. The second-order valence-electron chi connectivity index (χ2n) is 4.23. The molecule has 0 N–H and O–H groups in total. The number of halogens is 1. The summed E-state index contributed by atoms with van der Waals surface area (Å²) in [6.45, 7) is 0. The standard InChI is InChI=1S/C14H13ClN2O/c1-17-12-5-4-10(6-7-15)9-11(12)16-14(17)13-3-2-8-18-13/h2-5,8-9H,6-7H2,1H3. The Bertz CT molecular complexity index is 670. The molecule has 18 heavy (non-hydrogen) atoms. The van der Waals surface area contributed by atoms with Crippen molar-refractivity contribution >= 4 is 22.6 Å². The lowest BCUT2D eigenvalue weighted by Gasteiger charge is -1.99. The molecule has 3 rings (SSSR count). The molecule has 0 atom stereocenters. The number of hydrogen-bond acceptors (Lipinski definition) is 2. The van der Waals surface area contributed by atoms with Crippen molar-refractivity contribution in [2.45, 2.75) is 6.42 Å². The van der Waals surface area contributed by atoms with E-state index in [2.05, 4.69) is 23.2 Å². The minimum atomic E-state index is 0.628. The predicted octanol–water partition coefficient (Wildman–Crippen LogP) is 3.61. The van der Waals surface area contributed by atoms with Gasteiger partial charge in [0.05, 0.1) is 17.3 Å². The molecule has 0 fully saturated rings. The molecule has 0 amide bonds. The molecule has 0 aliphatic rings. The van der Waals surface area contributed by atoms with Crippen LogP contribution in [0.1, 0.15) is 5.56 Å². The second-order valence-corrected chi connectivity index (χ2v) is 4.61. The molecular weight excluding hydrogens is 248 g/mol. The van der Waals surface area contributed by atoms with Crippen LogP contribution in [-0.2, 0) is 13.5 Å². The Hall–Kier alpha value is -1.74. The Morgan fingerprint density at radius 2 is 2.22 bits per heavy atom. The van der Waals surface area contributed by atoms with Gasteiger partial charge < -0.3 is 8.98 Å². The van der Waals surface area contributed by atoms with E-state index in [-0.39, 0.29) is 0 Å². The molecule has 0 radical (unpaired) electrons. The lowest BCUT2D eigenvalue weighted by Crippen LogP contribution is -1.91. The fraction of sp³-hybridized carbons (Fsp3) is 0.214. The summed E-state index contributed by atoms with van der Waals surface area (Å²) in [5, 5.41) is 0. The molecule has 0 unspecified atom stereocenters. The number of nitrogens with zero attached hydrogens (tertiary/aromatic N) is 2. The van der Waals surface area contributed by atoms with Crippen molar-refractivity contribution in [1.82, 2.24) is 9.55 Å². The van der Waals surface area contributed by atoms with Crippen LogP contribution in [0, 0.1) is 0 Å². The molecule has 0 saturated heterocycles. The van der Waals surface area contributed by atoms with Crippen LogP contribution < -0.4 is 0 Å². The highest BCUT2D eigenvalue weighted by molar-refractivity contribution is 6.18. The minimum absolute atomic E-state index is 0.628. The highest BCUT2D eigenvalue weighted by atomic mass is 35.5. The first-order chi connectivity index (χ1) is 8.79. The molecule has 0 spiro atoms. The molecule has 92 valence electrons. The van der Waals surface area contributed by atoms with Crippen molar-refractivity contribution in [2.75, 3.05) is 5.88 Å². The molecule has 0 aliphatic carbocycles. The maximum Gasteiger partial charge on any atom is 0.176 e. The zero-order chi connectivity index (χ0) is 12.5. The van der Waals surface area contributed by atoms with Crippen LogP contribution in [0.3, 0.4) is 0 Å². The summed E-state index contributed by atoms with van der Waals surface area (Å²) in [5.74, 6) is 2.26. The Morgan fingerprint density at radius 3 is 2.94 bits per heavy atom. The first-order valence-corrected chi connectivity index (χ1v) is 6.38. The number of aryl methyl sites for hydroxylation is 2. The molecule has 3 nitrogen and oxygen atoms in total. The van der Waals surface area contributed by atoms with Crippen molar-refractivity contribution < 1.29 is 4.42 Å². The van der Waals surface area contributed by atoms with Gasteiger partial charge in [-0.3, -0.25) is 0 Å². The lowest BCUT2D eigenvalue weighted by molar-refractivity contribution is 0.574. The van der Waals surface area contributed by atoms with E-state index in [1.165, 1.54) is 5.56 Å². The van der Waals surface area contributed by atoms with E-state index in [9.17, 15) is 0 Å². The van der Waals surface area contributed by atoms with Crippen LogP contribution in [0.15, 0.2) is 41.0 Å². The van der Waals surface area contributed by atoms with E-state index in [0.717, 1.165) is 29.0 Å². The maximum atomic E-state index is 5.76. The summed E-state index contributed by atoms with van der Waals surface area (Å²) in [6.07, 6.45) is 2.53. The number of imidazole rings is 1. The first-order valence-electron chi connectivity index (χ1n) is 5.85. The molecule has 0 aliphatic heterocycles. The van der Waals surface area contributed by atoms with Gasteiger partial charge in [0.15, 0.2) is 11.6 Å². The van der Waals surface area contributed by atoms with Gasteiger partial charge in [-0.2, -0.15) is 0 Å². The summed E-state index contributed by atoms with van der Waals surface area (Å²) < 4.78 is 7.44. The van der Waals surface area contributed by atoms with Gasteiger partial charge >= 0.3 is 0 Å². The minimum Gasteiger partial charge on any atom is -0.461 e. The van der Waals surface area contributed by atoms with Crippen molar-refractivity contribution in [3.05, 3.63) is 42.2 Å². The predicted molar refractivity (Wildman–Crippen MR) is 72.8 cm³/mol. The van der Waals surface area contributed by atoms with Crippen LogP contribution in [0.25, 0.3) is 22.6 Å². The molecule has 0 saturated carbocycles. The molecular formula is C14H13ClN2O. The van der Waals surface area contributed by atoms with Gasteiger partial charge in [0.1, 0.15) is 0 Å². The first kappa shape index (κ1) is 11.4. The van der Waals surface area contributed by atoms with Gasteiger partial charge in [-0.05, 0) is 36.2 Å². The Balaban J connectivity index is 2.15. The number of rotatable bonds is 3. The van der Waals surface area contributed by atoms with Crippen molar-refractivity contribution in [3.63, 3.8) is 0 Å². The Kier molecular flexibility index (Phi) is 2.84. The summed E-state index contributed by atoms with van der Waals surface area (Å²) in [6, 6.07) is 10.0. The van der Waals surface area contributed by atoms with E-state index < -0.39 is 0 Å². The van der Waals surface area contributed by atoms with Crippen LogP contribution in [0.5, 0.6) is 0 Å². The number of furan rings is 1. The van der Waals surface area contributed by atoms with Gasteiger partial charge in [-0.1, -0.05) is 6.07 Å². The van der Waals surface area contributed by atoms with Gasteiger partial charge in [0.25, 0.3) is 0 Å². The fourth-order valence-corrected chi connectivity index (χ4v) is 2.35. The Labute approximate surface area is 110 Å². The van der Waals surface area contributed by atoms with Gasteiger partial charge in [-0.25, -0.2) is 4.98 Å². The van der Waals surface area contributed by atoms with Gasteiger partial charge in [0, 0.05) is 12.9 Å². The number of hydrogen-bond donors (Lipinski definition) is 0. The number of alkyl halides is 1. The molecule has 2 aromatic heterocycles. The van der Waals surface area contributed by atoms with E-state index in [1.54, 1.807) is 6.26 Å². The summed E-state index contributed by atoms with van der Waals surface area (Å²) in [5.41, 5.74) is 3.29. The largest absolute Gasteiger partial charge is 0.461 e. The van der Waals surface area contributed by atoms with E-state index >= 15 is 0 Å². The van der Waals surface area contributed by atoms with Crippen molar-refractivity contribution in [3.8, 4) is 11.6 Å². The molecule has 0 bridgehead atoms. The third kappa shape index (κ3) is 1.81. The molecule has 2 heterocycles. The number of aromatic nitrogens is 2. The third-order valence-corrected chi connectivity index (χ3v) is 3.26. The maximum absolute atomic E-state index is 5.76. The van der Waals surface area contributed by atoms with E-state index in [4.69, 9.17) is 16.0 Å².